The van der Waals surface area contributed by atoms with Gasteiger partial charge in [0.2, 0.25) is 0 Å². The van der Waals surface area contributed by atoms with Gasteiger partial charge in [0.15, 0.2) is 6.17 Å². The van der Waals surface area contributed by atoms with E-state index in [4.69, 9.17) is 0 Å². The van der Waals surface area contributed by atoms with Crippen molar-refractivity contribution in [3.8, 4) is 0 Å². The monoisotopic (exact) mass is 313 g/mol. The molecule has 1 N–H and O–H groups in total. The smallest absolute Gasteiger partial charge is 0.160 e. The molecule has 0 saturated carbocycles. The van der Waals surface area contributed by atoms with Gasteiger partial charge in [0.25, 0.3) is 0 Å². The van der Waals surface area contributed by atoms with Crippen molar-refractivity contribution in [2.75, 3.05) is 26.5 Å². The number of anilines is 1. The van der Waals surface area contributed by atoms with Crippen molar-refractivity contribution in [1.29, 1.82) is 0 Å². The number of aliphatic imine (C=N–C) groups is 1. The summed E-state index contributed by atoms with van der Waals surface area (Å²) in [6.07, 6.45) is -1.99. The highest BCUT2D eigenvalue weighted by Crippen LogP contribution is 2.36. The van der Waals surface area contributed by atoms with Crippen LogP contribution in [-0.2, 0) is 6.42 Å². The van der Waals surface area contributed by atoms with Gasteiger partial charge in [-0.15, -0.1) is 0 Å². The quantitative estimate of drug-likeness (QED) is 0.928. The molecule has 1 aromatic carbocycles. The first-order valence-corrected chi connectivity index (χ1v) is 7.31. The molecule has 2 rings (SSSR count). The average molecular weight is 313 g/mol. The fraction of sp³-hybridized carbons (Fsp3) is 0.562. The Morgan fingerprint density at radius 1 is 1.41 bits per heavy atom. The molecule has 1 heterocycles. The third-order valence-electron chi connectivity index (χ3n) is 4.15. The number of benzene rings is 1. The maximum atomic E-state index is 15.2. The summed E-state index contributed by atoms with van der Waals surface area (Å²) >= 11 is 0. The van der Waals surface area contributed by atoms with Crippen LogP contribution in [0.15, 0.2) is 23.2 Å². The zero-order chi connectivity index (χ0) is 16.5. The first-order chi connectivity index (χ1) is 10.3. The van der Waals surface area contributed by atoms with Crippen LogP contribution in [0.25, 0.3) is 0 Å². The molecule has 0 spiro atoms. The summed E-state index contributed by atoms with van der Waals surface area (Å²) in [5, 5.41) is 2.89. The number of amidine groups is 1. The number of rotatable bonds is 3. The Kier molecular flexibility index (Phi) is 4.68. The highest BCUT2D eigenvalue weighted by Gasteiger charge is 2.45. The van der Waals surface area contributed by atoms with Crippen molar-refractivity contribution in [3.05, 3.63) is 29.6 Å². The van der Waals surface area contributed by atoms with Crippen LogP contribution in [0.5, 0.6) is 0 Å². The molecule has 0 radical (unpaired) electrons. The predicted octanol–water partition coefficient (Wildman–Crippen LogP) is 3.21. The molecule has 0 aliphatic carbocycles. The van der Waals surface area contributed by atoms with E-state index in [1.807, 2.05) is 0 Å². The van der Waals surface area contributed by atoms with Gasteiger partial charge < -0.3 is 10.2 Å². The third-order valence-corrected chi connectivity index (χ3v) is 4.15. The van der Waals surface area contributed by atoms with Crippen LogP contribution in [0.1, 0.15) is 18.9 Å². The van der Waals surface area contributed by atoms with Crippen LogP contribution in [0, 0.1) is 5.82 Å². The number of alkyl halides is 2. The molecule has 0 aromatic heterocycles. The van der Waals surface area contributed by atoms with E-state index in [1.165, 1.54) is 6.07 Å². The molecule has 3 unspecified atom stereocenters. The van der Waals surface area contributed by atoms with Gasteiger partial charge in [-0.3, -0.25) is 4.99 Å². The molecular weight excluding hydrogens is 291 g/mol. The van der Waals surface area contributed by atoms with E-state index in [0.29, 0.717) is 5.69 Å². The summed E-state index contributed by atoms with van der Waals surface area (Å²) in [5.41, 5.74) is -0.971. The number of nitrogens with zero attached hydrogens (tertiary/aromatic N) is 2. The zero-order valence-corrected chi connectivity index (χ0v) is 13.3. The van der Waals surface area contributed by atoms with E-state index in [9.17, 15) is 8.78 Å². The Labute approximate surface area is 129 Å². The van der Waals surface area contributed by atoms with Gasteiger partial charge in [-0.05, 0) is 30.7 Å². The highest BCUT2D eigenvalue weighted by atomic mass is 19.2. The minimum absolute atomic E-state index is 0.194. The van der Waals surface area contributed by atoms with Gasteiger partial charge in [-0.2, -0.15) is 0 Å². The van der Waals surface area contributed by atoms with E-state index < -0.39 is 23.7 Å². The molecule has 0 bridgehead atoms. The lowest BCUT2D eigenvalue weighted by molar-refractivity contribution is 0.0842. The van der Waals surface area contributed by atoms with E-state index >= 15 is 4.39 Å². The Morgan fingerprint density at radius 2 is 2.09 bits per heavy atom. The minimum Gasteiger partial charge on any atom is -0.388 e. The molecule has 3 atom stereocenters. The lowest BCUT2D eigenvalue weighted by Crippen LogP contribution is -2.49. The summed E-state index contributed by atoms with van der Waals surface area (Å²) in [7, 11) is 5.07. The summed E-state index contributed by atoms with van der Waals surface area (Å²) in [6, 6.07) is 3.70. The molecule has 3 nitrogen and oxygen atoms in total. The van der Waals surface area contributed by atoms with Crippen LogP contribution >= 0.6 is 0 Å². The van der Waals surface area contributed by atoms with Crippen molar-refractivity contribution in [2.45, 2.75) is 37.6 Å². The fourth-order valence-electron chi connectivity index (χ4n) is 2.75. The van der Waals surface area contributed by atoms with E-state index in [0.717, 1.165) is 0 Å². The number of hydrogen-bond acceptors (Lipinski definition) is 3. The maximum Gasteiger partial charge on any atom is 0.160 e. The number of nitrogens with one attached hydrogen (secondary N) is 1. The van der Waals surface area contributed by atoms with Gasteiger partial charge in [-0.25, -0.2) is 13.2 Å². The molecule has 6 heteroatoms. The second-order valence-electron chi connectivity index (χ2n) is 6.00. The minimum atomic E-state index is -1.90. The van der Waals surface area contributed by atoms with E-state index in [-0.39, 0.29) is 24.2 Å². The van der Waals surface area contributed by atoms with Crippen LogP contribution < -0.4 is 5.32 Å². The first kappa shape index (κ1) is 16.6. The van der Waals surface area contributed by atoms with E-state index in [2.05, 4.69) is 10.3 Å². The van der Waals surface area contributed by atoms with Crippen molar-refractivity contribution in [2.24, 2.45) is 4.99 Å². The Bertz CT molecular complexity index is 574. The predicted molar refractivity (Wildman–Crippen MR) is 83.6 cm³/mol. The number of hydrogen-bond donors (Lipinski definition) is 1. The number of halogens is 3. The normalized spacial score (nSPS) is 28.2. The van der Waals surface area contributed by atoms with Gasteiger partial charge in [0.05, 0.1) is 6.04 Å². The second-order valence-corrected chi connectivity index (χ2v) is 6.00. The van der Waals surface area contributed by atoms with Crippen LogP contribution in [0.2, 0.25) is 0 Å². The van der Waals surface area contributed by atoms with Crippen molar-refractivity contribution in [3.63, 3.8) is 0 Å². The van der Waals surface area contributed by atoms with Gasteiger partial charge >= 0.3 is 0 Å². The SMILES string of the molecule is CNc1ccc(F)c(CC2(F)CC(F)C(N(C)C)=NC2C)c1. The molecule has 22 heavy (non-hydrogen) atoms. The van der Waals surface area contributed by atoms with Gasteiger partial charge in [0.1, 0.15) is 17.3 Å². The zero-order valence-electron chi connectivity index (χ0n) is 13.3. The standard InChI is InChI=1S/C16H22F3N3/c1-10-16(19,9-14(18)15(21-10)22(3)4)8-11-7-12(20-2)5-6-13(11)17/h5-7,10,14,20H,8-9H2,1-4H3. The third kappa shape index (κ3) is 3.20. The lowest BCUT2D eigenvalue weighted by Gasteiger charge is -2.37. The molecule has 1 aliphatic rings. The molecule has 1 aliphatic heterocycles. The summed E-state index contributed by atoms with van der Waals surface area (Å²) < 4.78 is 43.3. The van der Waals surface area contributed by atoms with Crippen LogP contribution in [0.3, 0.4) is 0 Å². The van der Waals surface area contributed by atoms with Crippen LogP contribution in [-0.4, -0.2) is 49.8 Å². The van der Waals surface area contributed by atoms with Crippen molar-refractivity contribution < 1.29 is 13.2 Å². The van der Waals surface area contributed by atoms with Gasteiger partial charge in [-0.1, -0.05) is 0 Å². The molecule has 0 saturated heterocycles. The molecule has 0 fully saturated rings. The highest BCUT2D eigenvalue weighted by molar-refractivity contribution is 5.87. The second kappa shape index (κ2) is 6.18. The summed E-state index contributed by atoms with van der Waals surface area (Å²) in [6.45, 7) is 1.61. The van der Waals surface area contributed by atoms with Crippen LogP contribution in [0.4, 0.5) is 18.9 Å². The lowest BCUT2D eigenvalue weighted by atomic mass is 9.83. The van der Waals surface area contributed by atoms with Crippen molar-refractivity contribution >= 4 is 11.5 Å². The Hall–Kier alpha value is -1.72. The first-order valence-electron chi connectivity index (χ1n) is 7.31. The Morgan fingerprint density at radius 3 is 2.68 bits per heavy atom. The molecular formula is C16H22F3N3. The molecule has 122 valence electrons. The summed E-state index contributed by atoms with van der Waals surface area (Å²) in [4.78, 5) is 5.70. The maximum absolute atomic E-state index is 15.2. The van der Waals surface area contributed by atoms with Gasteiger partial charge in [0, 0.05) is 39.7 Å². The van der Waals surface area contributed by atoms with Crippen molar-refractivity contribution in [1.82, 2.24) is 4.90 Å². The largest absolute Gasteiger partial charge is 0.388 e. The fourth-order valence-corrected chi connectivity index (χ4v) is 2.75. The topological polar surface area (TPSA) is 27.6 Å². The molecule has 1 aromatic rings. The molecule has 0 amide bonds. The van der Waals surface area contributed by atoms with E-state index in [1.54, 1.807) is 45.1 Å². The Balaban J connectivity index is 2.29. The summed E-state index contributed by atoms with van der Waals surface area (Å²) in [5.74, 6) is -0.244. The average Bonchev–Trinajstić information content (AvgIpc) is 2.45.